The van der Waals surface area contributed by atoms with Crippen molar-refractivity contribution in [2.24, 2.45) is 0 Å². The van der Waals surface area contributed by atoms with E-state index in [-0.39, 0.29) is 0 Å². The van der Waals surface area contributed by atoms with Gasteiger partial charge in [0, 0.05) is 11.3 Å². The Morgan fingerprint density at radius 2 is 2.50 bits per heavy atom. The molecule has 1 heterocycles. The average molecular weight is 185 g/mol. The van der Waals surface area contributed by atoms with Crippen molar-refractivity contribution in [3.8, 4) is 0 Å². The van der Waals surface area contributed by atoms with Crippen LogP contribution in [0.5, 0.6) is 0 Å². The lowest BCUT2D eigenvalue weighted by Crippen LogP contribution is -2.69. The number of hydrogen-bond donors (Lipinski definition) is 1. The molecule has 0 amide bonds. The minimum Gasteiger partial charge on any atom is -0.544 e. The number of carbonyl (C=O) groups is 1. The summed E-state index contributed by atoms with van der Waals surface area (Å²) in [6, 6.07) is 1.34. The zero-order valence-electron chi connectivity index (χ0n) is 6.87. The molecule has 0 radical (unpaired) electrons. The molecular weight excluding hydrogens is 174 g/mol. The van der Waals surface area contributed by atoms with Gasteiger partial charge in [-0.25, -0.2) is 0 Å². The average Bonchev–Trinajstić information content (AvgIpc) is 2.36. The Labute approximate surface area is 74.8 Å². The van der Waals surface area contributed by atoms with Gasteiger partial charge in [0.2, 0.25) is 0 Å². The van der Waals surface area contributed by atoms with E-state index in [1.54, 1.807) is 11.3 Å². The minimum atomic E-state index is -1.08. The first-order valence-electron chi connectivity index (χ1n) is 3.68. The molecule has 0 aliphatic heterocycles. The van der Waals surface area contributed by atoms with Gasteiger partial charge >= 0.3 is 0 Å². The van der Waals surface area contributed by atoms with Gasteiger partial charge in [0.05, 0.1) is 5.97 Å². The van der Waals surface area contributed by atoms with Crippen molar-refractivity contribution in [2.45, 2.75) is 19.4 Å². The van der Waals surface area contributed by atoms with Gasteiger partial charge in [0.1, 0.15) is 6.04 Å². The number of rotatable bonds is 3. The molecule has 0 aliphatic carbocycles. The second-order valence-corrected chi connectivity index (χ2v) is 3.75. The van der Waals surface area contributed by atoms with Crippen molar-refractivity contribution in [1.29, 1.82) is 0 Å². The summed E-state index contributed by atoms with van der Waals surface area (Å²) >= 11 is 1.56. The summed E-state index contributed by atoms with van der Waals surface area (Å²) < 4.78 is 0. The van der Waals surface area contributed by atoms with Crippen LogP contribution in [0, 0.1) is 6.92 Å². The summed E-state index contributed by atoms with van der Waals surface area (Å²) in [4.78, 5) is 11.5. The normalized spacial score (nSPS) is 12.8. The van der Waals surface area contributed by atoms with Gasteiger partial charge in [-0.1, -0.05) is 0 Å². The van der Waals surface area contributed by atoms with Crippen molar-refractivity contribution in [2.75, 3.05) is 0 Å². The van der Waals surface area contributed by atoms with E-state index in [9.17, 15) is 9.90 Å². The van der Waals surface area contributed by atoms with E-state index in [0.29, 0.717) is 6.42 Å². The van der Waals surface area contributed by atoms with Crippen LogP contribution in [0.15, 0.2) is 11.4 Å². The van der Waals surface area contributed by atoms with E-state index in [1.807, 2.05) is 18.4 Å². The van der Waals surface area contributed by atoms with Crippen LogP contribution in [0.4, 0.5) is 0 Å². The number of quaternary nitrogens is 1. The molecule has 0 saturated carbocycles. The third-order valence-corrected chi connectivity index (χ3v) is 2.78. The zero-order chi connectivity index (χ0) is 9.14. The van der Waals surface area contributed by atoms with E-state index in [2.05, 4.69) is 5.73 Å². The Morgan fingerprint density at radius 3 is 2.92 bits per heavy atom. The number of aryl methyl sites for hydroxylation is 1. The molecule has 1 aromatic heterocycles. The molecule has 0 saturated heterocycles. The van der Waals surface area contributed by atoms with Crippen LogP contribution in [0.25, 0.3) is 0 Å². The first kappa shape index (κ1) is 9.22. The Hall–Kier alpha value is -0.870. The van der Waals surface area contributed by atoms with E-state index in [0.717, 1.165) is 10.4 Å². The Balaban J connectivity index is 2.64. The summed E-state index contributed by atoms with van der Waals surface area (Å²) in [5, 5.41) is 12.3. The van der Waals surface area contributed by atoms with Crippen LogP contribution in [-0.2, 0) is 11.2 Å². The minimum absolute atomic E-state index is 0.478. The van der Waals surface area contributed by atoms with Crippen molar-refractivity contribution in [3.63, 3.8) is 0 Å². The molecule has 3 N–H and O–H groups in total. The van der Waals surface area contributed by atoms with E-state index in [4.69, 9.17) is 0 Å². The molecule has 0 fully saturated rings. The summed E-state index contributed by atoms with van der Waals surface area (Å²) in [5.74, 6) is -1.08. The highest BCUT2D eigenvalue weighted by Gasteiger charge is 2.10. The molecule has 0 bridgehead atoms. The Morgan fingerprint density at radius 1 is 1.83 bits per heavy atom. The smallest absolute Gasteiger partial charge is 0.129 e. The molecule has 12 heavy (non-hydrogen) atoms. The highest BCUT2D eigenvalue weighted by Crippen LogP contribution is 2.16. The van der Waals surface area contributed by atoms with Crippen LogP contribution < -0.4 is 10.8 Å². The largest absolute Gasteiger partial charge is 0.544 e. The number of carboxylic acid groups (broad SMARTS) is 1. The predicted molar refractivity (Wildman–Crippen MR) is 44.4 cm³/mol. The maximum atomic E-state index is 10.4. The number of carboxylic acids is 1. The number of carbonyl (C=O) groups excluding carboxylic acids is 1. The second-order valence-electron chi connectivity index (χ2n) is 2.75. The summed E-state index contributed by atoms with van der Waals surface area (Å²) in [6.07, 6.45) is 0.478. The molecular formula is C8H11NO2S. The fourth-order valence-electron chi connectivity index (χ4n) is 0.920. The molecule has 66 valence electrons. The van der Waals surface area contributed by atoms with Gasteiger partial charge < -0.3 is 15.6 Å². The van der Waals surface area contributed by atoms with Crippen LogP contribution >= 0.6 is 11.3 Å². The van der Waals surface area contributed by atoms with E-state index >= 15 is 0 Å². The number of hydrogen-bond acceptors (Lipinski definition) is 3. The first-order chi connectivity index (χ1) is 5.61. The van der Waals surface area contributed by atoms with Crippen LogP contribution in [0.1, 0.15) is 10.4 Å². The SMILES string of the molecule is Cc1ccsc1C[C@H]([NH3+])C(=O)[O-]. The van der Waals surface area contributed by atoms with Crippen molar-refractivity contribution >= 4 is 17.3 Å². The van der Waals surface area contributed by atoms with Gasteiger partial charge in [-0.2, -0.15) is 0 Å². The quantitative estimate of drug-likeness (QED) is 0.653. The Kier molecular flexibility index (Phi) is 2.83. The second kappa shape index (κ2) is 3.69. The molecule has 1 aromatic rings. The maximum absolute atomic E-state index is 10.4. The summed E-state index contributed by atoms with van der Waals surface area (Å²) in [6.45, 7) is 1.97. The summed E-state index contributed by atoms with van der Waals surface area (Å²) in [7, 11) is 0. The van der Waals surface area contributed by atoms with Gasteiger partial charge in [0.15, 0.2) is 0 Å². The predicted octanol–water partition coefficient (Wildman–Crippen LogP) is -1.04. The van der Waals surface area contributed by atoms with Crippen molar-refractivity contribution < 1.29 is 15.6 Å². The number of thiophene rings is 1. The maximum Gasteiger partial charge on any atom is 0.129 e. The molecule has 0 spiro atoms. The lowest BCUT2D eigenvalue weighted by molar-refractivity contribution is -0.436. The zero-order valence-corrected chi connectivity index (χ0v) is 7.69. The molecule has 0 aliphatic rings. The van der Waals surface area contributed by atoms with Gasteiger partial charge in [-0.15, -0.1) is 11.3 Å². The number of aliphatic carboxylic acids is 1. The highest BCUT2D eigenvalue weighted by atomic mass is 32.1. The first-order valence-corrected chi connectivity index (χ1v) is 4.56. The van der Waals surface area contributed by atoms with Crippen molar-refractivity contribution in [1.82, 2.24) is 0 Å². The third-order valence-electron chi connectivity index (χ3n) is 1.73. The Bertz CT molecular complexity index is 282. The third kappa shape index (κ3) is 2.06. The van der Waals surface area contributed by atoms with E-state index in [1.165, 1.54) is 0 Å². The molecule has 0 aromatic carbocycles. The topological polar surface area (TPSA) is 67.8 Å². The van der Waals surface area contributed by atoms with Crippen LogP contribution in [-0.4, -0.2) is 12.0 Å². The monoisotopic (exact) mass is 185 g/mol. The summed E-state index contributed by atoms with van der Waals surface area (Å²) in [5.41, 5.74) is 4.63. The van der Waals surface area contributed by atoms with Crippen LogP contribution in [0.2, 0.25) is 0 Å². The van der Waals surface area contributed by atoms with Gasteiger partial charge in [-0.3, -0.25) is 0 Å². The lowest BCUT2D eigenvalue weighted by Gasteiger charge is -2.07. The lowest BCUT2D eigenvalue weighted by atomic mass is 10.1. The molecule has 1 atom stereocenters. The molecule has 4 heteroatoms. The van der Waals surface area contributed by atoms with E-state index < -0.39 is 12.0 Å². The van der Waals surface area contributed by atoms with Crippen molar-refractivity contribution in [3.05, 3.63) is 21.9 Å². The van der Waals surface area contributed by atoms with Gasteiger partial charge in [0.25, 0.3) is 0 Å². The molecule has 3 nitrogen and oxygen atoms in total. The van der Waals surface area contributed by atoms with Crippen LogP contribution in [0.3, 0.4) is 0 Å². The van der Waals surface area contributed by atoms with Gasteiger partial charge in [-0.05, 0) is 23.9 Å². The highest BCUT2D eigenvalue weighted by molar-refractivity contribution is 7.10. The molecule has 1 rings (SSSR count). The fraction of sp³-hybridized carbons (Fsp3) is 0.375. The molecule has 0 unspecified atom stereocenters. The fourth-order valence-corrected chi connectivity index (χ4v) is 1.91. The standard InChI is InChI=1S/C8H11NO2S/c1-5-2-3-12-7(5)4-6(9)8(10)11/h2-3,6H,4,9H2,1H3,(H,10,11)/t6-/m0/s1.